The molecular weight excluding hydrogens is 548 g/mol. The van der Waals surface area contributed by atoms with Crippen LogP contribution in [0.5, 0.6) is 0 Å². The van der Waals surface area contributed by atoms with E-state index in [2.05, 4.69) is 107 Å². The molecule has 0 radical (unpaired) electrons. The summed E-state index contributed by atoms with van der Waals surface area (Å²) in [4.78, 5) is 23.9. The fraction of sp³-hybridized carbons (Fsp3) is 0.278. The van der Waals surface area contributed by atoms with Gasteiger partial charge in [-0.2, -0.15) is 5.26 Å². The maximum atomic E-state index is 12.8. The van der Waals surface area contributed by atoms with Crippen LogP contribution < -0.4 is 5.32 Å². The van der Waals surface area contributed by atoms with Gasteiger partial charge in [0.25, 0.3) is 0 Å². The molecule has 6 rings (SSSR count). The first kappa shape index (κ1) is 28.9. The molecule has 1 fully saturated rings. The Morgan fingerprint density at radius 2 is 1.55 bits per heavy atom. The SMILES string of the molecule is CCCCOC(=O)N1CC(C#N)CC(Nc2ncnc3c2ccn3C(c2ccccc2)(c2ccccc2)c2ccccc2)C1. The van der Waals surface area contributed by atoms with E-state index >= 15 is 0 Å². The zero-order valence-electron chi connectivity index (χ0n) is 24.8. The summed E-state index contributed by atoms with van der Waals surface area (Å²) in [5.41, 5.74) is 3.35. The second-order valence-electron chi connectivity index (χ2n) is 11.2. The van der Waals surface area contributed by atoms with Crippen molar-refractivity contribution in [2.75, 3.05) is 25.0 Å². The summed E-state index contributed by atoms with van der Waals surface area (Å²) < 4.78 is 7.70. The lowest BCUT2D eigenvalue weighted by molar-refractivity contribution is 0.0861. The number of likely N-dealkylation sites (tertiary alicyclic amines) is 1. The third kappa shape index (κ3) is 5.49. The summed E-state index contributed by atoms with van der Waals surface area (Å²) in [6, 6.07) is 35.7. The van der Waals surface area contributed by atoms with Crippen LogP contribution in [0.4, 0.5) is 10.6 Å². The third-order valence-corrected chi connectivity index (χ3v) is 8.37. The van der Waals surface area contributed by atoms with Crippen LogP contribution in [0.3, 0.4) is 0 Å². The maximum absolute atomic E-state index is 12.8. The standard InChI is InChI=1S/C36H36N6O2/c1-2-3-21-44-35(43)41-24-27(23-37)22-31(25-41)40-33-32-19-20-42(34(32)39-26-38-33)36(28-13-7-4-8-14-28,29-15-9-5-10-16-29)30-17-11-6-12-18-30/h4-20,26-27,31H,2-3,21-22,24-25H2,1H3,(H,38,39,40). The van der Waals surface area contributed by atoms with E-state index in [1.165, 1.54) is 0 Å². The number of aromatic nitrogens is 3. The Morgan fingerprint density at radius 3 is 2.11 bits per heavy atom. The fourth-order valence-corrected chi connectivity index (χ4v) is 6.33. The van der Waals surface area contributed by atoms with Gasteiger partial charge in [-0.1, -0.05) is 104 Å². The number of ether oxygens (including phenoxy) is 1. The van der Waals surface area contributed by atoms with E-state index in [9.17, 15) is 10.1 Å². The average molecular weight is 585 g/mol. The second kappa shape index (κ2) is 13.0. The number of nitriles is 1. The minimum Gasteiger partial charge on any atom is -0.449 e. The van der Waals surface area contributed by atoms with Crippen molar-refractivity contribution in [3.63, 3.8) is 0 Å². The van der Waals surface area contributed by atoms with Gasteiger partial charge >= 0.3 is 6.09 Å². The topological polar surface area (TPSA) is 96.1 Å². The molecule has 0 bridgehead atoms. The number of unbranched alkanes of at least 4 members (excludes halogenated alkanes) is 1. The molecule has 8 nitrogen and oxygen atoms in total. The Morgan fingerprint density at radius 1 is 0.932 bits per heavy atom. The van der Waals surface area contributed by atoms with Crippen molar-refractivity contribution >= 4 is 22.9 Å². The molecule has 0 saturated carbocycles. The lowest BCUT2D eigenvalue weighted by atomic mass is 9.76. The number of benzene rings is 3. The molecule has 1 amide bonds. The van der Waals surface area contributed by atoms with E-state index in [1.807, 2.05) is 24.3 Å². The quantitative estimate of drug-likeness (QED) is 0.151. The number of hydrogen-bond donors (Lipinski definition) is 1. The van der Waals surface area contributed by atoms with Crippen molar-refractivity contribution in [1.29, 1.82) is 5.26 Å². The van der Waals surface area contributed by atoms with E-state index in [0.717, 1.165) is 40.6 Å². The van der Waals surface area contributed by atoms with Crippen LogP contribution >= 0.6 is 0 Å². The molecule has 0 spiro atoms. The van der Waals surface area contributed by atoms with Gasteiger partial charge in [0.15, 0.2) is 0 Å². The molecule has 222 valence electrons. The number of carbonyl (C=O) groups excluding carboxylic acids is 1. The van der Waals surface area contributed by atoms with Crippen molar-refractivity contribution in [1.82, 2.24) is 19.4 Å². The van der Waals surface area contributed by atoms with Crippen LogP contribution in [0, 0.1) is 17.2 Å². The van der Waals surface area contributed by atoms with Crippen LogP contribution in [0.15, 0.2) is 110 Å². The summed E-state index contributed by atoms with van der Waals surface area (Å²) in [6.07, 6.45) is 5.64. The van der Waals surface area contributed by atoms with Crippen molar-refractivity contribution in [2.24, 2.45) is 5.92 Å². The molecular formula is C36H36N6O2. The van der Waals surface area contributed by atoms with Crippen molar-refractivity contribution < 1.29 is 9.53 Å². The highest BCUT2D eigenvalue weighted by Crippen LogP contribution is 2.43. The lowest BCUT2D eigenvalue weighted by Crippen LogP contribution is -2.49. The molecule has 1 saturated heterocycles. The number of carbonyl (C=O) groups is 1. The maximum Gasteiger partial charge on any atom is 0.409 e. The van der Waals surface area contributed by atoms with Crippen molar-refractivity contribution in [3.05, 3.63) is 126 Å². The highest BCUT2D eigenvalue weighted by Gasteiger charge is 2.40. The van der Waals surface area contributed by atoms with Gasteiger partial charge in [-0.05, 0) is 35.6 Å². The summed E-state index contributed by atoms with van der Waals surface area (Å²) in [5, 5.41) is 14.2. The number of hydrogen-bond acceptors (Lipinski definition) is 6. The van der Waals surface area contributed by atoms with Gasteiger partial charge in [-0.25, -0.2) is 14.8 Å². The number of anilines is 1. The zero-order valence-corrected chi connectivity index (χ0v) is 24.8. The monoisotopic (exact) mass is 584 g/mol. The average Bonchev–Trinajstić information content (AvgIpc) is 3.52. The molecule has 3 aromatic carbocycles. The third-order valence-electron chi connectivity index (χ3n) is 8.37. The van der Waals surface area contributed by atoms with E-state index in [-0.39, 0.29) is 18.1 Å². The minimum atomic E-state index is -0.715. The highest BCUT2D eigenvalue weighted by atomic mass is 16.6. The second-order valence-corrected chi connectivity index (χ2v) is 11.2. The van der Waals surface area contributed by atoms with Crippen LogP contribution in [-0.2, 0) is 10.3 Å². The molecule has 0 aliphatic carbocycles. The molecule has 5 aromatic rings. The summed E-state index contributed by atoms with van der Waals surface area (Å²) in [7, 11) is 0. The number of piperidine rings is 1. The number of rotatable bonds is 9. The van der Waals surface area contributed by atoms with Crippen molar-refractivity contribution in [3.8, 4) is 6.07 Å². The Balaban J connectivity index is 1.42. The van der Waals surface area contributed by atoms with Gasteiger partial charge in [0.05, 0.1) is 24.0 Å². The number of amides is 1. The molecule has 1 aliphatic rings. The van der Waals surface area contributed by atoms with E-state index in [1.54, 1.807) is 11.2 Å². The first-order valence-electron chi connectivity index (χ1n) is 15.2. The van der Waals surface area contributed by atoms with E-state index < -0.39 is 5.54 Å². The zero-order chi connectivity index (χ0) is 30.4. The highest BCUT2D eigenvalue weighted by molar-refractivity contribution is 5.88. The Hall–Kier alpha value is -5.16. The minimum absolute atomic E-state index is 0.171. The van der Waals surface area contributed by atoms with E-state index in [0.29, 0.717) is 31.9 Å². The van der Waals surface area contributed by atoms with Crippen LogP contribution in [-0.4, -0.2) is 51.3 Å². The predicted molar refractivity (Wildman–Crippen MR) is 171 cm³/mol. The summed E-state index contributed by atoms with van der Waals surface area (Å²) in [6.45, 7) is 3.23. The molecule has 2 unspecified atom stereocenters. The first-order chi connectivity index (χ1) is 21.6. The Bertz CT molecular complexity index is 1640. The molecule has 44 heavy (non-hydrogen) atoms. The Labute approximate surface area is 257 Å². The van der Waals surface area contributed by atoms with E-state index in [4.69, 9.17) is 9.72 Å². The largest absolute Gasteiger partial charge is 0.449 e. The molecule has 8 heteroatoms. The predicted octanol–water partition coefficient (Wildman–Crippen LogP) is 6.83. The molecule has 1 aliphatic heterocycles. The van der Waals surface area contributed by atoms with Crippen LogP contribution in [0.1, 0.15) is 42.9 Å². The number of nitrogens with zero attached hydrogens (tertiary/aromatic N) is 5. The summed E-state index contributed by atoms with van der Waals surface area (Å²) >= 11 is 0. The van der Waals surface area contributed by atoms with Gasteiger partial charge in [0, 0.05) is 25.3 Å². The molecule has 2 aromatic heterocycles. The van der Waals surface area contributed by atoms with Crippen LogP contribution in [0.2, 0.25) is 0 Å². The number of nitrogens with one attached hydrogen (secondary N) is 1. The number of fused-ring (bicyclic) bond motifs is 1. The van der Waals surface area contributed by atoms with Crippen molar-refractivity contribution in [2.45, 2.75) is 37.8 Å². The fourth-order valence-electron chi connectivity index (χ4n) is 6.33. The van der Waals surface area contributed by atoms with Gasteiger partial charge in [-0.15, -0.1) is 0 Å². The smallest absolute Gasteiger partial charge is 0.409 e. The normalized spacial score (nSPS) is 16.8. The van der Waals surface area contributed by atoms with Gasteiger partial charge < -0.3 is 19.5 Å². The molecule has 2 atom stereocenters. The first-order valence-corrected chi connectivity index (χ1v) is 15.2. The lowest BCUT2D eigenvalue weighted by Gasteiger charge is -2.38. The van der Waals surface area contributed by atoms with Gasteiger partial charge in [0.1, 0.15) is 23.3 Å². The van der Waals surface area contributed by atoms with Gasteiger partial charge in [-0.3, -0.25) is 0 Å². The Kier molecular flexibility index (Phi) is 8.55. The molecule has 3 heterocycles. The summed E-state index contributed by atoms with van der Waals surface area (Å²) in [5.74, 6) is 0.364. The molecule has 1 N–H and O–H groups in total. The van der Waals surface area contributed by atoms with Gasteiger partial charge in [0.2, 0.25) is 0 Å². The van der Waals surface area contributed by atoms with Crippen LogP contribution in [0.25, 0.3) is 11.0 Å².